The Balaban J connectivity index is 1.44. The molecular weight excluding hydrogens is 561 g/mol. The minimum Gasteiger partial charge on any atom is -0.0113 e. The summed E-state index contributed by atoms with van der Waals surface area (Å²) < 4.78 is 4.90. The average molecular weight is 587 g/mol. The van der Waals surface area contributed by atoms with Gasteiger partial charge in [0.15, 0.2) is 0 Å². The van der Waals surface area contributed by atoms with Crippen LogP contribution in [0.4, 0.5) is 11.6 Å². The minimum absolute atomic E-state index is 0.0808. The van der Waals surface area contributed by atoms with Crippen LogP contribution in [0.1, 0.15) is 20.1 Å². The number of halogens is 1. The number of aryl methyl sites for hydroxylation is 2. The fourth-order valence-corrected chi connectivity index (χ4v) is 7.18. The van der Waals surface area contributed by atoms with E-state index in [0.29, 0.717) is 5.95 Å². The number of ether oxygens (including phenoxy) is 1. The van der Waals surface area contributed by atoms with Gasteiger partial charge in [-0.3, -0.25) is 0 Å². The van der Waals surface area contributed by atoms with E-state index in [1.54, 1.807) is 7.11 Å². The molecule has 0 spiro atoms. The van der Waals surface area contributed by atoms with Gasteiger partial charge in [0.25, 0.3) is 0 Å². The van der Waals surface area contributed by atoms with Crippen molar-refractivity contribution in [2.24, 2.45) is 0 Å². The molecule has 2 heterocycles. The van der Waals surface area contributed by atoms with Crippen molar-refractivity contribution in [3.8, 4) is 27.4 Å². The van der Waals surface area contributed by atoms with Crippen molar-refractivity contribution >= 4 is 42.8 Å². The van der Waals surface area contributed by atoms with Gasteiger partial charge in [0.2, 0.25) is 0 Å². The Bertz CT molecular complexity index is 1330. The Hall–Kier alpha value is -2.53. The number of rotatable bonds is 7. The van der Waals surface area contributed by atoms with Crippen molar-refractivity contribution < 1.29 is 14.9 Å². The number of nitrogens with zero attached hydrogens (tertiary/aromatic N) is 2. The molecule has 0 saturated carbocycles. The first kappa shape index (κ1) is 23.2. The Morgan fingerprint density at radius 1 is 1.15 bits per heavy atom. The van der Waals surface area contributed by atoms with E-state index in [1.807, 2.05) is 58.9 Å². The first-order valence-electron chi connectivity index (χ1n) is 10.9. The van der Waals surface area contributed by atoms with Crippen LogP contribution in [-0.2, 0) is 12.8 Å². The topological polar surface area (TPSA) is 87.5 Å². The predicted molar refractivity (Wildman–Crippen MR) is 146 cm³/mol. The summed E-state index contributed by atoms with van der Waals surface area (Å²) in [6.45, 7) is 0. The van der Waals surface area contributed by atoms with E-state index >= 15 is 0 Å². The molecule has 3 N–H and O–H groups in total. The molecule has 2 aromatic carbocycles. The number of aliphatic hydroxyl groups is 2. The molecule has 34 heavy (non-hydrogen) atoms. The largest absolute Gasteiger partial charge is 0.0113 e. The third-order valence-electron chi connectivity index (χ3n) is 5.86. The van der Waals surface area contributed by atoms with E-state index in [2.05, 4.69) is 28.5 Å². The maximum atomic E-state index is 10.5. The standard InChI is InChI=1S/C26H26IN3O3S/c1-27(15-31)25(32)17-6-3-7-19(11-17)29-26-28-14-18-9-10-22-21(24(18)30-26)13-23(34-22)16-5-4-8-20(12-16)33-2/h3-8,11-14,25,31-32H,9-10,15H2,1-2H3,(H,28,29,30). The van der Waals surface area contributed by atoms with Crippen LogP contribution in [0.2, 0.25) is 0 Å². The molecule has 0 radical (unpaired) electrons. The van der Waals surface area contributed by atoms with Crippen LogP contribution in [0.25, 0.3) is 21.7 Å². The molecule has 1 aliphatic carbocycles. The monoisotopic (exact) mass is 587 g/mol. The number of aliphatic hydroxyl groups excluding tert-OH is 2. The molecule has 1 unspecified atom stereocenters. The molecule has 8 heteroatoms. The Labute approximate surface area is 210 Å². The molecule has 4 aromatic rings. The normalized spacial score (nSPS) is 13.6. The SMILES string of the molecule is COc1cccc(-c2cc3c(s2)CCc2cnc(Nc4cccc(C(O)I(C)CO)c4)nc2-3)c1. The van der Waals surface area contributed by atoms with Crippen LogP contribution in [0.15, 0.2) is 60.8 Å². The number of thiophene rings is 1. The number of alkyl halides is 3. The zero-order chi connectivity index (χ0) is 23.7. The fraction of sp³-hybridized carbons (Fsp3) is 0.231. The summed E-state index contributed by atoms with van der Waals surface area (Å²) >= 11 is -0.0142. The van der Waals surface area contributed by atoms with Gasteiger partial charge < -0.3 is 4.74 Å². The molecule has 5 rings (SSSR count). The average Bonchev–Trinajstić information content (AvgIpc) is 3.33. The second-order valence-corrected chi connectivity index (χ2v) is 14.7. The molecule has 0 aliphatic heterocycles. The van der Waals surface area contributed by atoms with Crippen LogP contribution in [0.3, 0.4) is 0 Å². The maximum absolute atomic E-state index is 10.5. The summed E-state index contributed by atoms with van der Waals surface area (Å²) in [5.41, 5.74) is 6.07. The Kier molecular flexibility index (Phi) is 6.82. The smallest absolute Gasteiger partial charge is 0.0113 e. The first-order valence-corrected chi connectivity index (χ1v) is 16.6. The molecule has 0 saturated heterocycles. The molecule has 1 aliphatic rings. The molecule has 1 atom stereocenters. The number of anilines is 2. The molecule has 0 fully saturated rings. The van der Waals surface area contributed by atoms with Crippen LogP contribution in [0, 0.1) is 0 Å². The molecular formula is C26H26IN3O3S. The quantitative estimate of drug-likeness (QED) is 0.187. The zero-order valence-corrected chi connectivity index (χ0v) is 21.9. The number of hydrogen-bond acceptors (Lipinski definition) is 7. The van der Waals surface area contributed by atoms with Crippen LogP contribution >= 0.6 is 31.2 Å². The molecule has 176 valence electrons. The van der Waals surface area contributed by atoms with E-state index < -0.39 is 23.9 Å². The van der Waals surface area contributed by atoms with Gasteiger partial charge in [-0.15, -0.1) is 0 Å². The molecule has 6 nitrogen and oxygen atoms in total. The van der Waals surface area contributed by atoms with E-state index in [-0.39, 0.29) is 4.61 Å². The van der Waals surface area contributed by atoms with Crippen LogP contribution < -0.4 is 10.1 Å². The van der Waals surface area contributed by atoms with Crippen LogP contribution in [-0.4, -0.2) is 36.8 Å². The van der Waals surface area contributed by atoms with E-state index in [1.165, 1.54) is 15.3 Å². The second kappa shape index (κ2) is 9.99. The third kappa shape index (κ3) is 4.68. The molecule has 2 aromatic heterocycles. The van der Waals surface area contributed by atoms with Gasteiger partial charge in [0.05, 0.1) is 7.11 Å². The van der Waals surface area contributed by atoms with Crippen molar-refractivity contribution in [3.05, 3.63) is 76.8 Å². The van der Waals surface area contributed by atoms with Crippen molar-refractivity contribution in [1.29, 1.82) is 0 Å². The Morgan fingerprint density at radius 2 is 2.00 bits per heavy atom. The van der Waals surface area contributed by atoms with Crippen molar-refractivity contribution in [1.82, 2.24) is 9.97 Å². The number of nitrogens with one attached hydrogen (secondary N) is 1. The third-order valence-corrected chi connectivity index (χ3v) is 10.9. The fourth-order valence-electron chi connectivity index (χ4n) is 4.04. The predicted octanol–water partition coefficient (Wildman–Crippen LogP) is 5.80. The van der Waals surface area contributed by atoms with Crippen molar-refractivity contribution in [3.63, 3.8) is 0 Å². The molecule has 0 bridgehead atoms. The van der Waals surface area contributed by atoms with Gasteiger partial charge in [-0.05, 0) is 12.1 Å². The van der Waals surface area contributed by atoms with Crippen molar-refractivity contribution in [2.45, 2.75) is 17.0 Å². The van der Waals surface area contributed by atoms with Gasteiger partial charge in [-0.1, -0.05) is 12.1 Å². The number of fused-ring (bicyclic) bond motifs is 3. The summed E-state index contributed by atoms with van der Waals surface area (Å²) in [7, 11) is 1.69. The number of aromatic nitrogens is 2. The van der Waals surface area contributed by atoms with Gasteiger partial charge in [-0.2, -0.15) is 0 Å². The summed E-state index contributed by atoms with van der Waals surface area (Å²) in [6.07, 6.45) is 3.82. The summed E-state index contributed by atoms with van der Waals surface area (Å²) in [6, 6.07) is 18.0. The van der Waals surface area contributed by atoms with Crippen molar-refractivity contribution in [2.75, 3.05) is 22.0 Å². The maximum Gasteiger partial charge on any atom is -0.0113 e. The number of hydrogen-bond donors (Lipinski definition) is 3. The molecule has 0 amide bonds. The van der Waals surface area contributed by atoms with E-state index in [0.717, 1.165) is 46.7 Å². The number of benzene rings is 2. The van der Waals surface area contributed by atoms with E-state index in [4.69, 9.17) is 9.72 Å². The van der Waals surface area contributed by atoms with E-state index in [9.17, 15) is 10.2 Å². The van der Waals surface area contributed by atoms with Gasteiger partial charge in [0, 0.05) is 0 Å². The zero-order valence-electron chi connectivity index (χ0n) is 19.0. The summed E-state index contributed by atoms with van der Waals surface area (Å²) in [5.74, 6) is 1.38. The summed E-state index contributed by atoms with van der Waals surface area (Å²) in [5, 5.41) is 23.3. The minimum atomic E-state index is -1.82. The Morgan fingerprint density at radius 3 is 2.82 bits per heavy atom. The van der Waals surface area contributed by atoms with Crippen LogP contribution in [0.5, 0.6) is 5.75 Å². The second-order valence-electron chi connectivity index (χ2n) is 8.09. The first-order chi connectivity index (χ1) is 16.6. The summed E-state index contributed by atoms with van der Waals surface area (Å²) in [4.78, 5) is 13.9. The van der Waals surface area contributed by atoms with Gasteiger partial charge in [-0.25, -0.2) is 0 Å². The number of methoxy groups -OCH3 is 1. The van der Waals surface area contributed by atoms with Gasteiger partial charge in [0.1, 0.15) is 5.75 Å². The van der Waals surface area contributed by atoms with Gasteiger partial charge >= 0.3 is 169 Å².